The van der Waals surface area contributed by atoms with Crippen molar-refractivity contribution in [2.24, 2.45) is 0 Å². The summed E-state index contributed by atoms with van der Waals surface area (Å²) in [6.07, 6.45) is 0. The molecule has 0 aliphatic heterocycles. The predicted octanol–water partition coefficient (Wildman–Crippen LogP) is 2.64. The summed E-state index contributed by atoms with van der Waals surface area (Å²) in [5.74, 6) is 0. The minimum absolute atomic E-state index is 0.0877. The van der Waals surface area contributed by atoms with Gasteiger partial charge in [-0.3, -0.25) is 0 Å². The van der Waals surface area contributed by atoms with Crippen molar-refractivity contribution in [1.82, 2.24) is 14.6 Å². The molecule has 0 unspecified atom stereocenters. The Bertz CT molecular complexity index is 503. The molecule has 0 aromatic carbocycles. The highest BCUT2D eigenvalue weighted by molar-refractivity contribution is 5.42. The van der Waals surface area contributed by atoms with E-state index in [9.17, 15) is 0 Å². The molecule has 0 radical (unpaired) electrons. The van der Waals surface area contributed by atoms with Gasteiger partial charge in [0.25, 0.3) is 0 Å². The number of hydrogen-bond acceptors (Lipinski definition) is 2. The Morgan fingerprint density at radius 1 is 1.07 bits per heavy atom. The SMILES string of the molecule is Cc1cc(C(C)(C)C)n2nc(C)cc2n1. The lowest BCUT2D eigenvalue weighted by molar-refractivity contribution is 0.544. The molecule has 0 aliphatic rings. The quantitative estimate of drug-likeness (QED) is 0.659. The fourth-order valence-corrected chi connectivity index (χ4v) is 1.75. The second-order valence-corrected chi connectivity index (χ2v) is 5.09. The molecular weight excluding hydrogens is 186 g/mol. The normalized spacial score (nSPS) is 12.3. The second-order valence-electron chi connectivity index (χ2n) is 5.09. The summed E-state index contributed by atoms with van der Waals surface area (Å²) in [6, 6.07) is 4.13. The highest BCUT2D eigenvalue weighted by Crippen LogP contribution is 2.23. The van der Waals surface area contributed by atoms with Crippen molar-refractivity contribution in [3.63, 3.8) is 0 Å². The van der Waals surface area contributed by atoms with Crippen LogP contribution in [-0.2, 0) is 5.41 Å². The van der Waals surface area contributed by atoms with E-state index >= 15 is 0 Å². The number of rotatable bonds is 0. The van der Waals surface area contributed by atoms with E-state index in [1.54, 1.807) is 0 Å². The van der Waals surface area contributed by atoms with Gasteiger partial charge in [-0.15, -0.1) is 0 Å². The molecule has 2 heterocycles. The fourth-order valence-electron chi connectivity index (χ4n) is 1.75. The Labute approximate surface area is 90.1 Å². The maximum Gasteiger partial charge on any atom is 0.155 e. The van der Waals surface area contributed by atoms with Gasteiger partial charge in [0, 0.05) is 17.2 Å². The van der Waals surface area contributed by atoms with Gasteiger partial charge in [-0.1, -0.05) is 20.8 Å². The van der Waals surface area contributed by atoms with Gasteiger partial charge in [0.05, 0.1) is 11.4 Å². The Kier molecular flexibility index (Phi) is 2.07. The molecule has 2 rings (SSSR count). The monoisotopic (exact) mass is 203 g/mol. The molecule has 0 atom stereocenters. The van der Waals surface area contributed by atoms with Gasteiger partial charge >= 0.3 is 0 Å². The third-order valence-electron chi connectivity index (χ3n) is 2.45. The average Bonchev–Trinajstić information content (AvgIpc) is 2.41. The van der Waals surface area contributed by atoms with Crippen molar-refractivity contribution in [1.29, 1.82) is 0 Å². The van der Waals surface area contributed by atoms with Crippen LogP contribution < -0.4 is 0 Å². The maximum atomic E-state index is 4.47. The molecule has 0 N–H and O–H groups in total. The van der Waals surface area contributed by atoms with Gasteiger partial charge in [-0.05, 0) is 19.9 Å². The summed E-state index contributed by atoms with van der Waals surface area (Å²) in [5.41, 5.74) is 4.30. The van der Waals surface area contributed by atoms with Crippen LogP contribution in [0.3, 0.4) is 0 Å². The zero-order chi connectivity index (χ0) is 11.2. The summed E-state index contributed by atoms with van der Waals surface area (Å²) >= 11 is 0. The smallest absolute Gasteiger partial charge is 0.155 e. The first-order valence-electron chi connectivity index (χ1n) is 5.22. The van der Waals surface area contributed by atoms with Crippen LogP contribution in [-0.4, -0.2) is 14.6 Å². The first-order valence-corrected chi connectivity index (χ1v) is 5.22. The molecule has 0 saturated heterocycles. The van der Waals surface area contributed by atoms with Gasteiger partial charge in [0.15, 0.2) is 5.65 Å². The first-order chi connectivity index (χ1) is 6.88. The molecule has 0 bridgehead atoms. The average molecular weight is 203 g/mol. The lowest BCUT2D eigenvalue weighted by atomic mass is 9.91. The number of aryl methyl sites for hydroxylation is 2. The van der Waals surface area contributed by atoms with E-state index in [1.165, 1.54) is 5.69 Å². The standard InChI is InChI=1S/C12H17N3/c1-8-6-10(12(3,4)5)15-11(13-8)7-9(2)14-15/h6-7H,1-5H3. The van der Waals surface area contributed by atoms with Crippen LogP contribution in [0.15, 0.2) is 12.1 Å². The molecule has 0 amide bonds. The highest BCUT2D eigenvalue weighted by atomic mass is 15.3. The van der Waals surface area contributed by atoms with Crippen LogP contribution in [0, 0.1) is 13.8 Å². The predicted molar refractivity (Wildman–Crippen MR) is 61.2 cm³/mol. The van der Waals surface area contributed by atoms with E-state index in [-0.39, 0.29) is 5.41 Å². The molecule has 0 spiro atoms. The summed E-state index contributed by atoms with van der Waals surface area (Å²) in [5, 5.41) is 4.47. The molecule has 0 fully saturated rings. The van der Waals surface area contributed by atoms with Gasteiger partial charge in [0.2, 0.25) is 0 Å². The topological polar surface area (TPSA) is 30.2 Å². The fraction of sp³-hybridized carbons (Fsp3) is 0.500. The zero-order valence-corrected chi connectivity index (χ0v) is 10.00. The van der Waals surface area contributed by atoms with Crippen LogP contribution in [0.5, 0.6) is 0 Å². The molecular formula is C12H17N3. The van der Waals surface area contributed by atoms with Crippen molar-refractivity contribution in [2.75, 3.05) is 0 Å². The Morgan fingerprint density at radius 2 is 1.73 bits per heavy atom. The third kappa shape index (κ3) is 1.74. The van der Waals surface area contributed by atoms with Crippen molar-refractivity contribution in [2.45, 2.75) is 40.0 Å². The third-order valence-corrected chi connectivity index (χ3v) is 2.45. The van der Waals surface area contributed by atoms with E-state index in [4.69, 9.17) is 0 Å². The van der Waals surface area contributed by atoms with Crippen LogP contribution in [0.2, 0.25) is 0 Å². The summed E-state index contributed by atoms with van der Waals surface area (Å²) in [4.78, 5) is 4.47. The Balaban J connectivity index is 2.82. The van der Waals surface area contributed by atoms with E-state index in [2.05, 4.69) is 36.9 Å². The lowest BCUT2D eigenvalue weighted by Gasteiger charge is -2.20. The van der Waals surface area contributed by atoms with Crippen LogP contribution >= 0.6 is 0 Å². The van der Waals surface area contributed by atoms with Crippen molar-refractivity contribution in [3.8, 4) is 0 Å². The first kappa shape index (κ1) is 10.1. The minimum Gasteiger partial charge on any atom is -0.234 e. The Morgan fingerprint density at radius 3 is 2.33 bits per heavy atom. The summed E-state index contributed by atoms with van der Waals surface area (Å²) in [7, 11) is 0. The van der Waals surface area contributed by atoms with Gasteiger partial charge in [0.1, 0.15) is 0 Å². The highest BCUT2D eigenvalue weighted by Gasteiger charge is 2.19. The molecule has 2 aromatic rings. The largest absolute Gasteiger partial charge is 0.234 e. The molecule has 15 heavy (non-hydrogen) atoms. The van der Waals surface area contributed by atoms with Crippen molar-refractivity contribution in [3.05, 3.63) is 29.2 Å². The zero-order valence-electron chi connectivity index (χ0n) is 10.00. The van der Waals surface area contributed by atoms with Crippen LogP contribution in [0.25, 0.3) is 5.65 Å². The summed E-state index contributed by atoms with van der Waals surface area (Å²) < 4.78 is 1.95. The molecule has 3 heteroatoms. The van der Waals surface area contributed by atoms with Gasteiger partial charge in [-0.25, -0.2) is 9.50 Å². The van der Waals surface area contributed by atoms with Gasteiger partial charge < -0.3 is 0 Å². The number of hydrogen-bond donors (Lipinski definition) is 0. The van der Waals surface area contributed by atoms with Gasteiger partial charge in [-0.2, -0.15) is 5.10 Å². The Hall–Kier alpha value is -1.38. The van der Waals surface area contributed by atoms with E-state index < -0.39 is 0 Å². The maximum absolute atomic E-state index is 4.47. The number of nitrogens with zero attached hydrogens (tertiary/aromatic N) is 3. The van der Waals surface area contributed by atoms with Crippen molar-refractivity contribution < 1.29 is 0 Å². The van der Waals surface area contributed by atoms with Crippen LogP contribution in [0.4, 0.5) is 0 Å². The van der Waals surface area contributed by atoms with Crippen molar-refractivity contribution >= 4 is 5.65 Å². The van der Waals surface area contributed by atoms with E-state index in [1.807, 2.05) is 24.4 Å². The molecule has 3 nitrogen and oxygen atoms in total. The summed E-state index contributed by atoms with van der Waals surface area (Å²) in [6.45, 7) is 10.6. The number of aromatic nitrogens is 3. The van der Waals surface area contributed by atoms with Crippen LogP contribution in [0.1, 0.15) is 37.9 Å². The van der Waals surface area contributed by atoms with E-state index in [0.29, 0.717) is 0 Å². The molecule has 2 aromatic heterocycles. The molecule has 0 aliphatic carbocycles. The second kappa shape index (κ2) is 3.05. The molecule has 80 valence electrons. The lowest BCUT2D eigenvalue weighted by Crippen LogP contribution is -2.18. The minimum atomic E-state index is 0.0877. The molecule has 0 saturated carbocycles. The van der Waals surface area contributed by atoms with E-state index in [0.717, 1.165) is 17.0 Å². The number of fused-ring (bicyclic) bond motifs is 1.